The van der Waals surface area contributed by atoms with Crippen LogP contribution >= 0.6 is 11.8 Å². The van der Waals surface area contributed by atoms with E-state index in [1.165, 1.54) is 14.2 Å². The maximum Gasteiger partial charge on any atom is 0.405 e. The van der Waals surface area contributed by atoms with E-state index < -0.39 is 53.7 Å². The van der Waals surface area contributed by atoms with Gasteiger partial charge < -0.3 is 26.2 Å². The Hall–Kier alpha value is -2.71. The van der Waals surface area contributed by atoms with E-state index >= 15 is 0 Å². The molecule has 2 aliphatic heterocycles. The van der Waals surface area contributed by atoms with E-state index in [2.05, 4.69) is 0 Å². The number of amides is 2. The Kier molecular flexibility index (Phi) is 9.18. The second-order valence-corrected chi connectivity index (χ2v) is 9.42. The van der Waals surface area contributed by atoms with Crippen molar-refractivity contribution < 1.29 is 35.9 Å². The van der Waals surface area contributed by atoms with E-state index in [0.29, 0.717) is 25.2 Å². The number of hydrogen-bond donors (Lipinski definition) is 2. The molecule has 1 atom stereocenters. The standard InChI is InChI=1S/C22H27ClF6N6O2/c23-35-5-3-32(4-6-35)21(37)20(31)18-11-33(1-2-34(18)12-22(27,28)29)19(36)9-14(30)7-13-8-16(25)17(26)10-15(13)24/h8,10,14H,1-7,9,11-12,30-31H2/b20-18-. The van der Waals surface area contributed by atoms with Crippen LogP contribution in [-0.2, 0) is 16.0 Å². The molecule has 37 heavy (non-hydrogen) atoms. The predicted octanol–water partition coefficient (Wildman–Crippen LogP) is 1.54. The van der Waals surface area contributed by atoms with Crippen LogP contribution in [0, 0.1) is 17.5 Å². The second-order valence-electron chi connectivity index (χ2n) is 8.94. The maximum absolute atomic E-state index is 13.9. The first-order chi connectivity index (χ1) is 17.2. The number of carbonyl (C=O) groups excluding carboxylic acids is 2. The molecule has 1 aromatic rings. The molecule has 2 heterocycles. The highest BCUT2D eigenvalue weighted by Gasteiger charge is 2.37. The summed E-state index contributed by atoms with van der Waals surface area (Å²) < 4.78 is 81.6. The zero-order chi connectivity index (χ0) is 27.5. The summed E-state index contributed by atoms with van der Waals surface area (Å²) >= 11 is 5.89. The lowest BCUT2D eigenvalue weighted by Gasteiger charge is -2.40. The Balaban J connectivity index is 1.73. The summed E-state index contributed by atoms with van der Waals surface area (Å²) in [6.45, 7) is -0.904. The van der Waals surface area contributed by atoms with Gasteiger partial charge in [-0.1, -0.05) is 0 Å². The highest BCUT2D eigenvalue weighted by atomic mass is 35.5. The lowest BCUT2D eigenvalue weighted by Crippen LogP contribution is -2.53. The Morgan fingerprint density at radius 3 is 2.16 bits per heavy atom. The zero-order valence-electron chi connectivity index (χ0n) is 19.7. The number of carbonyl (C=O) groups is 2. The van der Waals surface area contributed by atoms with Crippen molar-refractivity contribution in [2.45, 2.75) is 25.1 Å². The molecular weight excluding hydrogens is 530 g/mol. The maximum atomic E-state index is 13.9. The van der Waals surface area contributed by atoms with Gasteiger partial charge in [-0.05, 0) is 29.8 Å². The molecule has 1 aromatic carbocycles. The number of halogens is 7. The van der Waals surface area contributed by atoms with Crippen molar-refractivity contribution in [3.8, 4) is 0 Å². The van der Waals surface area contributed by atoms with Crippen molar-refractivity contribution in [3.05, 3.63) is 46.5 Å². The minimum absolute atomic E-state index is 0.100. The number of hydrogen-bond acceptors (Lipinski definition) is 6. The van der Waals surface area contributed by atoms with Gasteiger partial charge in [0.1, 0.15) is 18.1 Å². The quantitative estimate of drug-likeness (QED) is 0.239. The van der Waals surface area contributed by atoms with Crippen molar-refractivity contribution in [2.24, 2.45) is 11.5 Å². The van der Waals surface area contributed by atoms with E-state index in [1.54, 1.807) is 0 Å². The summed E-state index contributed by atoms with van der Waals surface area (Å²) in [5, 5.41) is 0. The molecule has 2 saturated heterocycles. The van der Waals surface area contributed by atoms with Crippen LogP contribution in [0.25, 0.3) is 0 Å². The van der Waals surface area contributed by atoms with Crippen molar-refractivity contribution >= 4 is 23.6 Å². The van der Waals surface area contributed by atoms with Gasteiger partial charge in [-0.2, -0.15) is 13.2 Å². The third-order valence-electron chi connectivity index (χ3n) is 6.15. The van der Waals surface area contributed by atoms with Gasteiger partial charge in [0.25, 0.3) is 5.91 Å². The van der Waals surface area contributed by atoms with Gasteiger partial charge in [0.15, 0.2) is 11.6 Å². The molecule has 4 N–H and O–H groups in total. The normalized spacial score (nSPS) is 19.7. The number of alkyl halides is 3. The summed E-state index contributed by atoms with van der Waals surface area (Å²) in [6.07, 6.45) is -5.21. The summed E-state index contributed by atoms with van der Waals surface area (Å²) in [4.78, 5) is 29.3. The molecule has 15 heteroatoms. The minimum atomic E-state index is -4.58. The van der Waals surface area contributed by atoms with E-state index in [1.807, 2.05) is 0 Å². The molecule has 8 nitrogen and oxygen atoms in total. The highest BCUT2D eigenvalue weighted by molar-refractivity contribution is 6.13. The first-order valence-corrected chi connectivity index (χ1v) is 11.8. The average Bonchev–Trinajstić information content (AvgIpc) is 2.81. The molecule has 2 fully saturated rings. The van der Waals surface area contributed by atoms with Crippen LogP contribution in [0.5, 0.6) is 0 Å². The average molecular weight is 557 g/mol. The van der Waals surface area contributed by atoms with Crippen LogP contribution in [0.1, 0.15) is 12.0 Å². The zero-order valence-corrected chi connectivity index (χ0v) is 20.5. The van der Waals surface area contributed by atoms with Crippen molar-refractivity contribution in [1.82, 2.24) is 19.1 Å². The lowest BCUT2D eigenvalue weighted by atomic mass is 10.0. The summed E-state index contributed by atoms with van der Waals surface area (Å²) in [5.41, 5.74) is 11.2. The van der Waals surface area contributed by atoms with Crippen molar-refractivity contribution in [3.63, 3.8) is 0 Å². The Morgan fingerprint density at radius 2 is 1.54 bits per heavy atom. The number of piperazine rings is 2. The third kappa shape index (κ3) is 7.65. The largest absolute Gasteiger partial charge is 0.405 e. The third-order valence-corrected chi connectivity index (χ3v) is 6.48. The number of nitrogens with two attached hydrogens (primary N) is 2. The first-order valence-electron chi connectivity index (χ1n) is 11.4. The van der Waals surface area contributed by atoms with Gasteiger partial charge in [-0.15, -0.1) is 0 Å². The SMILES string of the molecule is N/C(C(=O)N1CCN(Cl)CC1)=C1/CN(C(=O)CC(N)Cc2cc(F)c(F)cc2F)CCN1CC(F)(F)F. The van der Waals surface area contributed by atoms with E-state index in [4.69, 9.17) is 23.2 Å². The molecule has 0 saturated carbocycles. The molecule has 0 aromatic heterocycles. The fourth-order valence-corrected chi connectivity index (χ4v) is 4.35. The fourth-order valence-electron chi connectivity index (χ4n) is 4.20. The summed E-state index contributed by atoms with van der Waals surface area (Å²) in [7, 11) is 0. The molecular formula is C22H27ClF6N6O2. The topological polar surface area (TPSA) is 99.1 Å². The molecule has 0 aliphatic carbocycles. The molecule has 0 radical (unpaired) electrons. The van der Waals surface area contributed by atoms with Gasteiger partial charge >= 0.3 is 6.18 Å². The first kappa shape index (κ1) is 28.9. The Morgan fingerprint density at radius 1 is 0.946 bits per heavy atom. The van der Waals surface area contributed by atoms with Crippen LogP contribution < -0.4 is 11.5 Å². The molecule has 3 rings (SSSR count). The van der Waals surface area contributed by atoms with E-state index in [9.17, 15) is 35.9 Å². The Labute approximate surface area is 214 Å². The number of nitrogens with zero attached hydrogens (tertiary/aromatic N) is 4. The molecule has 206 valence electrons. The molecule has 0 bridgehead atoms. The summed E-state index contributed by atoms with van der Waals surface area (Å²) in [6, 6.07) is 0.0451. The summed E-state index contributed by atoms with van der Waals surface area (Å²) in [5.74, 6) is -4.88. The van der Waals surface area contributed by atoms with Gasteiger partial charge in [0.2, 0.25) is 5.91 Å². The smallest absolute Gasteiger partial charge is 0.393 e. The fraction of sp³-hybridized carbons (Fsp3) is 0.545. The highest BCUT2D eigenvalue weighted by Crippen LogP contribution is 2.25. The second kappa shape index (κ2) is 11.8. The van der Waals surface area contributed by atoms with Crippen molar-refractivity contribution in [2.75, 3.05) is 52.4 Å². The molecule has 1 unspecified atom stereocenters. The monoisotopic (exact) mass is 556 g/mol. The van der Waals surface area contributed by atoms with Gasteiger partial charge in [0.05, 0.1) is 12.2 Å². The predicted molar refractivity (Wildman–Crippen MR) is 122 cm³/mol. The minimum Gasteiger partial charge on any atom is -0.393 e. The van der Waals surface area contributed by atoms with E-state index in [0.717, 1.165) is 4.90 Å². The van der Waals surface area contributed by atoms with Crippen LogP contribution in [0.3, 0.4) is 0 Å². The van der Waals surface area contributed by atoms with E-state index in [-0.39, 0.29) is 56.8 Å². The molecule has 0 spiro atoms. The van der Waals surface area contributed by atoms with Crippen LogP contribution in [0.2, 0.25) is 0 Å². The number of benzene rings is 1. The van der Waals surface area contributed by atoms with Gasteiger partial charge in [-0.3, -0.25) is 9.59 Å². The lowest BCUT2D eigenvalue weighted by molar-refractivity contribution is -0.147. The van der Waals surface area contributed by atoms with Gasteiger partial charge in [-0.25, -0.2) is 17.6 Å². The Bertz CT molecular complexity index is 1050. The van der Waals surface area contributed by atoms with Crippen LogP contribution in [0.4, 0.5) is 26.3 Å². The molecule has 2 amide bonds. The molecule has 2 aliphatic rings. The number of rotatable bonds is 6. The van der Waals surface area contributed by atoms with Gasteiger partial charge in [0, 0.05) is 57.8 Å². The van der Waals surface area contributed by atoms with Crippen LogP contribution in [-0.4, -0.2) is 95.5 Å². The van der Waals surface area contributed by atoms with Crippen molar-refractivity contribution in [1.29, 1.82) is 0 Å². The van der Waals surface area contributed by atoms with Crippen LogP contribution in [0.15, 0.2) is 23.5 Å².